The van der Waals surface area contributed by atoms with E-state index in [0.717, 1.165) is 5.57 Å². The zero-order valence-corrected chi connectivity index (χ0v) is 6.13. The predicted octanol–water partition coefficient (Wildman–Crippen LogP) is 1.98. The lowest BCUT2D eigenvalue weighted by Crippen LogP contribution is -1.93. The smallest absolute Gasteiger partial charge is 0.303 e. The second-order valence-electron chi connectivity index (χ2n) is 2.14. The molecule has 0 radical (unpaired) electrons. The van der Waals surface area contributed by atoms with Crippen molar-refractivity contribution in [2.75, 3.05) is 0 Å². The molecular formula is C8H12O2. The maximum absolute atomic E-state index is 10.1. The molecule has 0 heterocycles. The molecule has 0 aliphatic rings. The molecule has 0 amide bonds. The molecule has 10 heavy (non-hydrogen) atoms. The van der Waals surface area contributed by atoms with Gasteiger partial charge in [-0.3, -0.25) is 4.79 Å². The van der Waals surface area contributed by atoms with Crippen LogP contribution in [-0.2, 0) is 4.79 Å². The summed E-state index contributed by atoms with van der Waals surface area (Å²) in [5, 5.41) is 8.28. The first-order chi connectivity index (χ1) is 4.66. The second-order valence-corrected chi connectivity index (χ2v) is 2.14. The topological polar surface area (TPSA) is 37.3 Å². The fourth-order valence-electron chi connectivity index (χ4n) is 0.589. The van der Waals surface area contributed by atoms with E-state index >= 15 is 0 Å². The molecule has 2 heteroatoms. The maximum Gasteiger partial charge on any atom is 0.303 e. The molecule has 0 saturated heterocycles. The highest BCUT2D eigenvalue weighted by molar-refractivity contribution is 5.67. The third-order valence-electron chi connectivity index (χ3n) is 1.14. The summed E-state index contributed by atoms with van der Waals surface area (Å²) in [5.41, 5.74) is 1.05. The molecule has 0 rings (SSSR count). The fourth-order valence-corrected chi connectivity index (χ4v) is 0.589. The van der Waals surface area contributed by atoms with Crippen molar-refractivity contribution < 1.29 is 9.90 Å². The van der Waals surface area contributed by atoms with Gasteiger partial charge in [0, 0.05) is 6.42 Å². The van der Waals surface area contributed by atoms with Gasteiger partial charge in [-0.2, -0.15) is 0 Å². The number of hydrogen-bond acceptors (Lipinski definition) is 1. The lowest BCUT2D eigenvalue weighted by Gasteiger charge is -1.93. The van der Waals surface area contributed by atoms with Gasteiger partial charge in [-0.05, 0) is 13.3 Å². The van der Waals surface area contributed by atoms with Gasteiger partial charge in [0.05, 0.1) is 0 Å². The van der Waals surface area contributed by atoms with Crippen LogP contribution in [0.1, 0.15) is 19.8 Å². The molecule has 1 N–H and O–H groups in total. The van der Waals surface area contributed by atoms with Crippen molar-refractivity contribution in [3.63, 3.8) is 0 Å². The average Bonchev–Trinajstić information content (AvgIpc) is 1.85. The number of carboxylic acid groups (broad SMARTS) is 1. The van der Waals surface area contributed by atoms with Gasteiger partial charge in [0.25, 0.3) is 0 Å². The minimum atomic E-state index is -0.753. The molecule has 2 nitrogen and oxygen atoms in total. The molecule has 0 aliphatic carbocycles. The first-order valence-electron chi connectivity index (χ1n) is 3.17. The number of allylic oxidation sites excluding steroid dienone is 3. The summed E-state index contributed by atoms with van der Waals surface area (Å²) in [7, 11) is 0. The summed E-state index contributed by atoms with van der Waals surface area (Å²) < 4.78 is 0. The van der Waals surface area contributed by atoms with Crippen molar-refractivity contribution in [3.05, 3.63) is 24.3 Å². The minimum absolute atomic E-state index is 0.205. The SMILES string of the molecule is C=CC=C(C)CCC(=O)O. The van der Waals surface area contributed by atoms with Crippen LogP contribution in [0.2, 0.25) is 0 Å². The molecule has 0 aromatic rings. The lowest BCUT2D eigenvalue weighted by molar-refractivity contribution is -0.136. The van der Waals surface area contributed by atoms with Crippen LogP contribution in [-0.4, -0.2) is 11.1 Å². The number of hydrogen-bond donors (Lipinski definition) is 1. The van der Waals surface area contributed by atoms with Gasteiger partial charge in [0.2, 0.25) is 0 Å². The molecule has 0 fully saturated rings. The normalized spacial score (nSPS) is 11.1. The molecule has 0 bridgehead atoms. The Balaban J connectivity index is 3.58. The molecule has 0 unspecified atom stereocenters. The standard InChI is InChI=1S/C8H12O2/c1-3-4-7(2)5-6-8(9)10/h3-4H,1,5-6H2,2H3,(H,9,10). The summed E-state index contributed by atoms with van der Waals surface area (Å²) in [6, 6.07) is 0. The summed E-state index contributed by atoms with van der Waals surface area (Å²) in [6.07, 6.45) is 4.30. The molecular weight excluding hydrogens is 128 g/mol. The van der Waals surface area contributed by atoms with E-state index in [2.05, 4.69) is 6.58 Å². The van der Waals surface area contributed by atoms with Crippen LogP contribution < -0.4 is 0 Å². The van der Waals surface area contributed by atoms with Gasteiger partial charge in [0.15, 0.2) is 0 Å². The Morgan fingerprint density at radius 2 is 2.20 bits per heavy atom. The van der Waals surface area contributed by atoms with Crippen LogP contribution in [0.25, 0.3) is 0 Å². The van der Waals surface area contributed by atoms with E-state index in [1.165, 1.54) is 0 Å². The van der Waals surface area contributed by atoms with E-state index in [0.29, 0.717) is 6.42 Å². The summed E-state index contributed by atoms with van der Waals surface area (Å²) >= 11 is 0. The molecule has 0 atom stereocenters. The van der Waals surface area contributed by atoms with E-state index in [1.807, 2.05) is 13.0 Å². The van der Waals surface area contributed by atoms with Crippen LogP contribution in [0.15, 0.2) is 24.3 Å². The lowest BCUT2D eigenvalue weighted by atomic mass is 10.1. The summed E-state index contributed by atoms with van der Waals surface area (Å²) in [6.45, 7) is 5.40. The third kappa shape index (κ3) is 5.09. The second kappa shape index (κ2) is 4.79. The van der Waals surface area contributed by atoms with Crippen LogP contribution in [0.5, 0.6) is 0 Å². The number of rotatable bonds is 4. The highest BCUT2D eigenvalue weighted by atomic mass is 16.4. The van der Waals surface area contributed by atoms with Crippen LogP contribution in [0.4, 0.5) is 0 Å². The van der Waals surface area contributed by atoms with E-state index in [9.17, 15) is 4.79 Å². The Bertz CT molecular complexity index is 157. The van der Waals surface area contributed by atoms with E-state index < -0.39 is 5.97 Å². The summed E-state index contributed by atoms with van der Waals surface area (Å²) in [4.78, 5) is 10.1. The predicted molar refractivity (Wildman–Crippen MR) is 40.8 cm³/mol. The van der Waals surface area contributed by atoms with E-state index in [-0.39, 0.29) is 6.42 Å². The summed E-state index contributed by atoms with van der Waals surface area (Å²) in [5.74, 6) is -0.753. The van der Waals surface area contributed by atoms with Crippen molar-refractivity contribution in [2.45, 2.75) is 19.8 Å². The average molecular weight is 140 g/mol. The Morgan fingerprint density at radius 1 is 1.60 bits per heavy atom. The van der Waals surface area contributed by atoms with Gasteiger partial charge < -0.3 is 5.11 Å². The maximum atomic E-state index is 10.1. The molecule has 0 aliphatic heterocycles. The monoisotopic (exact) mass is 140 g/mol. The van der Waals surface area contributed by atoms with E-state index in [4.69, 9.17) is 5.11 Å². The fraction of sp³-hybridized carbons (Fsp3) is 0.375. The Hall–Kier alpha value is -1.05. The highest BCUT2D eigenvalue weighted by Gasteiger charge is 1.95. The zero-order chi connectivity index (χ0) is 7.98. The van der Waals surface area contributed by atoms with Gasteiger partial charge >= 0.3 is 5.97 Å². The minimum Gasteiger partial charge on any atom is -0.481 e. The number of carbonyl (C=O) groups is 1. The first kappa shape index (κ1) is 8.95. The van der Waals surface area contributed by atoms with Crippen LogP contribution in [0, 0.1) is 0 Å². The van der Waals surface area contributed by atoms with E-state index in [1.54, 1.807) is 6.08 Å². The van der Waals surface area contributed by atoms with Crippen molar-refractivity contribution in [1.29, 1.82) is 0 Å². The molecule has 0 spiro atoms. The quantitative estimate of drug-likeness (QED) is 0.606. The number of aliphatic carboxylic acids is 1. The van der Waals surface area contributed by atoms with Gasteiger partial charge in [-0.1, -0.05) is 24.3 Å². The largest absolute Gasteiger partial charge is 0.481 e. The van der Waals surface area contributed by atoms with Gasteiger partial charge in [0.1, 0.15) is 0 Å². The zero-order valence-electron chi connectivity index (χ0n) is 6.13. The Labute approximate surface area is 60.9 Å². The van der Waals surface area contributed by atoms with Crippen LogP contribution in [0.3, 0.4) is 0 Å². The van der Waals surface area contributed by atoms with Gasteiger partial charge in [-0.25, -0.2) is 0 Å². The number of carboxylic acids is 1. The van der Waals surface area contributed by atoms with Gasteiger partial charge in [-0.15, -0.1) is 0 Å². The van der Waals surface area contributed by atoms with Crippen molar-refractivity contribution >= 4 is 5.97 Å². The first-order valence-corrected chi connectivity index (χ1v) is 3.17. The Morgan fingerprint density at radius 3 is 2.60 bits per heavy atom. The highest BCUT2D eigenvalue weighted by Crippen LogP contribution is 2.02. The molecule has 0 saturated carbocycles. The van der Waals surface area contributed by atoms with Crippen molar-refractivity contribution in [2.24, 2.45) is 0 Å². The third-order valence-corrected chi connectivity index (χ3v) is 1.14. The van der Waals surface area contributed by atoms with Crippen molar-refractivity contribution in [3.8, 4) is 0 Å². The Kier molecular flexibility index (Phi) is 4.29. The molecule has 56 valence electrons. The molecule has 0 aromatic carbocycles. The van der Waals surface area contributed by atoms with Crippen molar-refractivity contribution in [1.82, 2.24) is 0 Å². The van der Waals surface area contributed by atoms with Crippen LogP contribution >= 0.6 is 0 Å². The molecule has 0 aromatic heterocycles.